The van der Waals surface area contributed by atoms with Gasteiger partial charge in [-0.25, -0.2) is 9.59 Å². The molecule has 2 amide bonds. The molecule has 5 heteroatoms. The van der Waals surface area contributed by atoms with Gasteiger partial charge in [-0.3, -0.25) is 0 Å². The summed E-state index contributed by atoms with van der Waals surface area (Å²) in [6, 6.07) is -0.223. The van der Waals surface area contributed by atoms with Crippen LogP contribution in [-0.4, -0.2) is 40.6 Å². The molecular weight excluding hydrogens is 196 g/mol. The number of hydrogen-bond donors (Lipinski definition) is 2. The first kappa shape index (κ1) is 10.3. The molecule has 2 N–H and O–H groups in total. The summed E-state index contributed by atoms with van der Waals surface area (Å²) in [5.74, 6) is -0.848. The number of carbonyl (C=O) groups is 2. The number of urea groups is 1. The fourth-order valence-corrected chi connectivity index (χ4v) is 2.62. The van der Waals surface area contributed by atoms with Gasteiger partial charge >= 0.3 is 12.0 Å². The number of aliphatic carboxylic acids is 1. The normalized spacial score (nSPS) is 25.1. The summed E-state index contributed by atoms with van der Waals surface area (Å²) >= 11 is 0. The molecule has 0 aromatic rings. The molecule has 0 aromatic carbocycles. The summed E-state index contributed by atoms with van der Waals surface area (Å²) < 4.78 is 0. The third-order valence-electron chi connectivity index (χ3n) is 3.45. The summed E-state index contributed by atoms with van der Waals surface area (Å²) in [5, 5.41) is 12.0. The average Bonchev–Trinajstić information content (AvgIpc) is 2.66. The van der Waals surface area contributed by atoms with E-state index in [0.717, 1.165) is 19.3 Å². The summed E-state index contributed by atoms with van der Waals surface area (Å²) in [7, 11) is 0. The molecule has 15 heavy (non-hydrogen) atoms. The highest BCUT2D eigenvalue weighted by molar-refractivity contribution is 5.87. The minimum atomic E-state index is -0.932. The van der Waals surface area contributed by atoms with Crippen LogP contribution in [0.2, 0.25) is 0 Å². The minimum Gasteiger partial charge on any atom is -0.479 e. The summed E-state index contributed by atoms with van der Waals surface area (Å²) in [5.41, 5.74) is -0.932. The van der Waals surface area contributed by atoms with Crippen LogP contribution in [0.4, 0.5) is 4.79 Å². The number of carbonyl (C=O) groups excluding carboxylic acids is 1. The quantitative estimate of drug-likeness (QED) is 0.711. The molecule has 1 aliphatic carbocycles. The van der Waals surface area contributed by atoms with E-state index >= 15 is 0 Å². The molecule has 2 aliphatic rings. The van der Waals surface area contributed by atoms with Crippen molar-refractivity contribution in [2.45, 2.75) is 37.6 Å². The zero-order chi connectivity index (χ0) is 10.9. The minimum absolute atomic E-state index is 0.223. The second-order valence-corrected chi connectivity index (χ2v) is 4.28. The van der Waals surface area contributed by atoms with Crippen molar-refractivity contribution in [2.24, 2.45) is 0 Å². The molecule has 0 aromatic heterocycles. The predicted molar refractivity (Wildman–Crippen MR) is 53.6 cm³/mol. The Labute approximate surface area is 88.4 Å². The highest BCUT2D eigenvalue weighted by Gasteiger charge is 2.48. The number of nitrogens with zero attached hydrogens (tertiary/aromatic N) is 1. The van der Waals surface area contributed by atoms with Gasteiger partial charge in [0.1, 0.15) is 5.54 Å². The lowest BCUT2D eigenvalue weighted by Gasteiger charge is -2.40. The van der Waals surface area contributed by atoms with E-state index in [1.807, 2.05) is 0 Å². The fraction of sp³-hybridized carbons (Fsp3) is 0.800. The van der Waals surface area contributed by atoms with Gasteiger partial charge in [0.2, 0.25) is 0 Å². The van der Waals surface area contributed by atoms with Crippen molar-refractivity contribution >= 4 is 12.0 Å². The molecule has 0 spiro atoms. The maximum atomic E-state index is 11.5. The second-order valence-electron chi connectivity index (χ2n) is 4.28. The van der Waals surface area contributed by atoms with Crippen molar-refractivity contribution in [3.8, 4) is 0 Å². The maximum Gasteiger partial charge on any atom is 0.329 e. The van der Waals surface area contributed by atoms with Gasteiger partial charge in [-0.05, 0) is 12.8 Å². The third-order valence-corrected chi connectivity index (χ3v) is 3.45. The number of hydrogen-bond acceptors (Lipinski definition) is 2. The Hall–Kier alpha value is -1.26. The molecule has 2 fully saturated rings. The standard InChI is InChI=1S/C10H16N2O3/c13-8(14)10(4-2-1-3-5-10)12-7-6-11-9(12)15/h1-7H2,(H,11,15)(H,13,14). The lowest BCUT2D eigenvalue weighted by Crippen LogP contribution is -2.56. The van der Waals surface area contributed by atoms with Crippen molar-refractivity contribution in [2.75, 3.05) is 13.1 Å². The van der Waals surface area contributed by atoms with E-state index in [1.54, 1.807) is 0 Å². The van der Waals surface area contributed by atoms with Crippen LogP contribution in [0.15, 0.2) is 0 Å². The summed E-state index contributed by atoms with van der Waals surface area (Å²) in [6.45, 7) is 1.08. The maximum absolute atomic E-state index is 11.5. The molecule has 2 rings (SSSR count). The van der Waals surface area contributed by atoms with E-state index in [9.17, 15) is 14.7 Å². The molecule has 5 nitrogen and oxygen atoms in total. The Bertz CT molecular complexity index is 284. The largest absolute Gasteiger partial charge is 0.479 e. The van der Waals surface area contributed by atoms with Gasteiger partial charge in [0.15, 0.2) is 0 Å². The van der Waals surface area contributed by atoms with E-state index in [1.165, 1.54) is 4.90 Å². The van der Waals surface area contributed by atoms with E-state index in [-0.39, 0.29) is 6.03 Å². The van der Waals surface area contributed by atoms with Gasteiger partial charge in [0.25, 0.3) is 0 Å². The van der Waals surface area contributed by atoms with Gasteiger partial charge in [-0.1, -0.05) is 19.3 Å². The highest BCUT2D eigenvalue weighted by Crippen LogP contribution is 2.34. The Morgan fingerprint density at radius 2 is 2.00 bits per heavy atom. The van der Waals surface area contributed by atoms with Crippen LogP contribution in [0.3, 0.4) is 0 Å². The molecule has 0 unspecified atom stereocenters. The van der Waals surface area contributed by atoms with Gasteiger partial charge in [-0.15, -0.1) is 0 Å². The van der Waals surface area contributed by atoms with Gasteiger partial charge in [0.05, 0.1) is 0 Å². The monoisotopic (exact) mass is 212 g/mol. The Kier molecular flexibility index (Phi) is 2.54. The van der Waals surface area contributed by atoms with Crippen molar-refractivity contribution < 1.29 is 14.7 Å². The molecule has 1 saturated carbocycles. The SMILES string of the molecule is O=C1NCCN1C1(C(=O)O)CCCCC1. The molecule has 1 aliphatic heterocycles. The average molecular weight is 212 g/mol. The first-order chi connectivity index (χ1) is 7.17. The summed E-state index contributed by atoms with van der Waals surface area (Å²) in [4.78, 5) is 24.4. The first-order valence-electron chi connectivity index (χ1n) is 5.46. The van der Waals surface area contributed by atoms with Gasteiger partial charge in [-0.2, -0.15) is 0 Å². The van der Waals surface area contributed by atoms with Crippen LogP contribution in [-0.2, 0) is 4.79 Å². The van der Waals surface area contributed by atoms with Crippen LogP contribution < -0.4 is 5.32 Å². The van der Waals surface area contributed by atoms with Gasteiger partial charge < -0.3 is 15.3 Å². The van der Waals surface area contributed by atoms with Crippen molar-refractivity contribution in [1.29, 1.82) is 0 Å². The topological polar surface area (TPSA) is 69.6 Å². The predicted octanol–water partition coefficient (Wildman–Crippen LogP) is 0.799. The zero-order valence-corrected chi connectivity index (χ0v) is 8.66. The molecule has 0 radical (unpaired) electrons. The zero-order valence-electron chi connectivity index (χ0n) is 8.66. The number of amides is 2. The van der Waals surface area contributed by atoms with Crippen LogP contribution in [0, 0.1) is 0 Å². The third kappa shape index (κ3) is 1.56. The van der Waals surface area contributed by atoms with E-state index in [4.69, 9.17) is 0 Å². The van der Waals surface area contributed by atoms with E-state index in [2.05, 4.69) is 5.32 Å². The van der Waals surface area contributed by atoms with Gasteiger partial charge in [0, 0.05) is 13.1 Å². The van der Waals surface area contributed by atoms with Crippen molar-refractivity contribution in [3.05, 3.63) is 0 Å². The van der Waals surface area contributed by atoms with Crippen molar-refractivity contribution in [3.63, 3.8) is 0 Å². The molecule has 0 atom stereocenters. The molecule has 1 heterocycles. The number of carboxylic acid groups (broad SMARTS) is 1. The fourth-order valence-electron chi connectivity index (χ4n) is 2.62. The van der Waals surface area contributed by atoms with Crippen LogP contribution >= 0.6 is 0 Å². The molecule has 84 valence electrons. The van der Waals surface area contributed by atoms with Crippen LogP contribution in [0.1, 0.15) is 32.1 Å². The lowest BCUT2D eigenvalue weighted by atomic mass is 9.80. The second kappa shape index (κ2) is 3.72. The molecule has 1 saturated heterocycles. The lowest BCUT2D eigenvalue weighted by molar-refractivity contribution is -0.151. The van der Waals surface area contributed by atoms with Crippen LogP contribution in [0.25, 0.3) is 0 Å². The smallest absolute Gasteiger partial charge is 0.329 e. The van der Waals surface area contributed by atoms with Crippen molar-refractivity contribution in [1.82, 2.24) is 10.2 Å². The molecule has 0 bridgehead atoms. The Morgan fingerprint density at radius 1 is 1.33 bits per heavy atom. The Balaban J connectivity index is 2.24. The molecular formula is C10H16N2O3. The number of rotatable bonds is 2. The van der Waals surface area contributed by atoms with Crippen LogP contribution in [0.5, 0.6) is 0 Å². The highest BCUT2D eigenvalue weighted by atomic mass is 16.4. The first-order valence-corrected chi connectivity index (χ1v) is 5.46. The number of carboxylic acids is 1. The van der Waals surface area contributed by atoms with E-state index in [0.29, 0.717) is 25.9 Å². The number of nitrogens with one attached hydrogen (secondary N) is 1. The Morgan fingerprint density at radius 3 is 2.47 bits per heavy atom. The van der Waals surface area contributed by atoms with E-state index < -0.39 is 11.5 Å². The summed E-state index contributed by atoms with van der Waals surface area (Å²) in [6.07, 6.45) is 4.06.